The largest absolute Gasteiger partial charge is 0.369 e. The van der Waals surface area contributed by atoms with Gasteiger partial charge in [0.25, 0.3) is 0 Å². The molecule has 0 aliphatic carbocycles. The molecule has 0 spiro atoms. The van der Waals surface area contributed by atoms with Crippen molar-refractivity contribution < 1.29 is 4.39 Å². The number of pyridine rings is 1. The van der Waals surface area contributed by atoms with E-state index in [1.807, 2.05) is 4.90 Å². The monoisotopic (exact) mass is 259 g/mol. The standard InChI is InChI=1S/C9H11BrFN3/c10-9-8(11)3-7(4-13-9)14-2-1-6(12)5-14/h3-4,6H,1-2,5,12H2/t6-/m0/s1. The molecule has 1 fully saturated rings. The molecule has 1 aliphatic rings. The van der Waals surface area contributed by atoms with E-state index in [2.05, 4.69) is 20.9 Å². The van der Waals surface area contributed by atoms with Crippen LogP contribution in [-0.4, -0.2) is 24.1 Å². The van der Waals surface area contributed by atoms with Crippen molar-refractivity contribution in [2.24, 2.45) is 5.73 Å². The fourth-order valence-corrected chi connectivity index (χ4v) is 1.82. The summed E-state index contributed by atoms with van der Waals surface area (Å²) in [5.41, 5.74) is 6.57. The van der Waals surface area contributed by atoms with E-state index in [4.69, 9.17) is 5.73 Å². The van der Waals surface area contributed by atoms with Gasteiger partial charge in [0, 0.05) is 25.2 Å². The Hall–Kier alpha value is -0.680. The summed E-state index contributed by atoms with van der Waals surface area (Å²) in [5.74, 6) is -0.331. The Morgan fingerprint density at radius 1 is 1.64 bits per heavy atom. The second kappa shape index (κ2) is 3.82. The van der Waals surface area contributed by atoms with Crippen molar-refractivity contribution in [2.45, 2.75) is 12.5 Å². The molecular formula is C9H11BrFN3. The lowest BCUT2D eigenvalue weighted by Gasteiger charge is -2.17. The Labute approximate surface area is 90.2 Å². The van der Waals surface area contributed by atoms with Crippen LogP contribution in [0.1, 0.15) is 6.42 Å². The van der Waals surface area contributed by atoms with Crippen LogP contribution in [0.5, 0.6) is 0 Å². The van der Waals surface area contributed by atoms with E-state index >= 15 is 0 Å². The van der Waals surface area contributed by atoms with Gasteiger partial charge in [-0.1, -0.05) is 0 Å². The van der Waals surface area contributed by atoms with Crippen LogP contribution in [0.15, 0.2) is 16.9 Å². The third kappa shape index (κ3) is 1.88. The van der Waals surface area contributed by atoms with Gasteiger partial charge in [-0.15, -0.1) is 0 Å². The summed E-state index contributed by atoms with van der Waals surface area (Å²) in [7, 11) is 0. The Morgan fingerprint density at radius 2 is 2.43 bits per heavy atom. The minimum absolute atomic E-state index is 0.196. The van der Waals surface area contributed by atoms with Crippen LogP contribution in [0.25, 0.3) is 0 Å². The zero-order valence-electron chi connectivity index (χ0n) is 7.58. The number of hydrogen-bond donors (Lipinski definition) is 1. The normalized spacial score (nSPS) is 21.6. The molecule has 0 radical (unpaired) electrons. The van der Waals surface area contributed by atoms with Gasteiger partial charge in [0.05, 0.1) is 11.9 Å². The third-order valence-corrected chi connectivity index (χ3v) is 2.96. The maximum absolute atomic E-state index is 13.2. The van der Waals surface area contributed by atoms with Crippen LogP contribution in [0.2, 0.25) is 0 Å². The first kappa shape index (κ1) is 9.86. The molecule has 1 aromatic rings. The van der Waals surface area contributed by atoms with Crippen LogP contribution in [0.4, 0.5) is 10.1 Å². The molecule has 14 heavy (non-hydrogen) atoms. The third-order valence-electron chi connectivity index (χ3n) is 2.37. The van der Waals surface area contributed by atoms with Crippen LogP contribution in [-0.2, 0) is 0 Å². The lowest BCUT2D eigenvalue weighted by atomic mass is 10.3. The van der Waals surface area contributed by atoms with Crippen LogP contribution < -0.4 is 10.6 Å². The van der Waals surface area contributed by atoms with Crippen molar-refractivity contribution in [2.75, 3.05) is 18.0 Å². The highest BCUT2D eigenvalue weighted by Gasteiger charge is 2.20. The lowest BCUT2D eigenvalue weighted by Crippen LogP contribution is -2.26. The fourth-order valence-electron chi connectivity index (χ4n) is 1.61. The maximum atomic E-state index is 13.2. The molecular weight excluding hydrogens is 249 g/mol. The van der Waals surface area contributed by atoms with Crippen molar-refractivity contribution in [1.29, 1.82) is 0 Å². The zero-order valence-corrected chi connectivity index (χ0v) is 9.17. The van der Waals surface area contributed by atoms with Gasteiger partial charge >= 0.3 is 0 Å². The number of halogens is 2. The van der Waals surface area contributed by atoms with E-state index in [0.717, 1.165) is 25.2 Å². The lowest BCUT2D eigenvalue weighted by molar-refractivity contribution is 0.612. The van der Waals surface area contributed by atoms with Crippen LogP contribution >= 0.6 is 15.9 Å². The molecule has 0 unspecified atom stereocenters. The highest BCUT2D eigenvalue weighted by atomic mass is 79.9. The van der Waals surface area contributed by atoms with Crippen molar-refractivity contribution in [1.82, 2.24) is 4.98 Å². The molecule has 1 saturated heterocycles. The summed E-state index contributed by atoms with van der Waals surface area (Å²) >= 11 is 3.02. The van der Waals surface area contributed by atoms with Crippen molar-refractivity contribution in [3.05, 3.63) is 22.7 Å². The molecule has 76 valence electrons. The summed E-state index contributed by atoms with van der Waals surface area (Å²) in [6, 6.07) is 1.68. The number of rotatable bonds is 1. The minimum Gasteiger partial charge on any atom is -0.369 e. The number of hydrogen-bond acceptors (Lipinski definition) is 3. The summed E-state index contributed by atoms with van der Waals surface area (Å²) in [4.78, 5) is 5.96. The average molecular weight is 260 g/mol. The van der Waals surface area contributed by atoms with Crippen molar-refractivity contribution in [3.8, 4) is 0 Å². The molecule has 0 saturated carbocycles. The summed E-state index contributed by atoms with van der Waals surface area (Å²) < 4.78 is 13.4. The maximum Gasteiger partial charge on any atom is 0.158 e. The fraction of sp³-hybridized carbons (Fsp3) is 0.444. The SMILES string of the molecule is N[C@H]1CCN(c2cnc(Br)c(F)c2)C1. The summed E-state index contributed by atoms with van der Waals surface area (Å²) in [6.07, 6.45) is 2.61. The average Bonchev–Trinajstić information content (AvgIpc) is 2.57. The molecule has 1 aliphatic heterocycles. The predicted molar refractivity (Wildman–Crippen MR) is 56.7 cm³/mol. The van der Waals surface area contributed by atoms with E-state index < -0.39 is 0 Å². The van der Waals surface area contributed by atoms with Gasteiger partial charge in [0.2, 0.25) is 0 Å². The van der Waals surface area contributed by atoms with E-state index in [0.29, 0.717) is 0 Å². The molecule has 2 N–H and O–H groups in total. The van der Waals surface area contributed by atoms with Crippen LogP contribution in [0, 0.1) is 5.82 Å². The van der Waals surface area contributed by atoms with Gasteiger partial charge in [0.15, 0.2) is 5.82 Å². The number of nitrogens with zero attached hydrogens (tertiary/aromatic N) is 2. The van der Waals surface area contributed by atoms with E-state index in [1.165, 1.54) is 6.07 Å². The molecule has 2 rings (SSSR count). The quantitative estimate of drug-likeness (QED) is 0.778. The Morgan fingerprint density at radius 3 is 3.00 bits per heavy atom. The molecule has 1 aromatic heterocycles. The highest BCUT2D eigenvalue weighted by molar-refractivity contribution is 9.10. The van der Waals surface area contributed by atoms with Crippen LogP contribution in [0.3, 0.4) is 0 Å². The van der Waals surface area contributed by atoms with Gasteiger partial charge in [-0.2, -0.15) is 0 Å². The summed E-state index contributed by atoms with van der Waals surface area (Å²) in [6.45, 7) is 1.66. The van der Waals surface area contributed by atoms with E-state index in [9.17, 15) is 4.39 Å². The van der Waals surface area contributed by atoms with Gasteiger partial charge in [0.1, 0.15) is 4.60 Å². The molecule has 3 nitrogen and oxygen atoms in total. The van der Waals surface area contributed by atoms with Gasteiger partial charge in [-0.3, -0.25) is 0 Å². The number of nitrogens with two attached hydrogens (primary N) is 1. The molecule has 0 aromatic carbocycles. The topological polar surface area (TPSA) is 42.1 Å². The van der Waals surface area contributed by atoms with E-state index in [-0.39, 0.29) is 16.5 Å². The smallest absolute Gasteiger partial charge is 0.158 e. The first-order valence-electron chi connectivity index (χ1n) is 4.48. The molecule has 1 atom stereocenters. The van der Waals surface area contributed by atoms with Crippen molar-refractivity contribution in [3.63, 3.8) is 0 Å². The van der Waals surface area contributed by atoms with E-state index in [1.54, 1.807) is 6.20 Å². The van der Waals surface area contributed by atoms with Crippen molar-refractivity contribution >= 4 is 21.6 Å². The molecule has 0 amide bonds. The zero-order chi connectivity index (χ0) is 10.1. The minimum atomic E-state index is -0.331. The van der Waals surface area contributed by atoms with Gasteiger partial charge in [-0.25, -0.2) is 9.37 Å². The second-order valence-electron chi connectivity index (χ2n) is 3.46. The van der Waals surface area contributed by atoms with Gasteiger partial charge in [-0.05, 0) is 22.4 Å². The molecule has 2 heterocycles. The first-order chi connectivity index (χ1) is 6.66. The number of anilines is 1. The summed E-state index contributed by atoms with van der Waals surface area (Å²) in [5, 5.41) is 0. The Balaban J connectivity index is 2.20. The first-order valence-corrected chi connectivity index (χ1v) is 5.27. The molecule has 0 bridgehead atoms. The highest BCUT2D eigenvalue weighted by Crippen LogP contribution is 2.22. The number of aromatic nitrogens is 1. The second-order valence-corrected chi connectivity index (χ2v) is 4.21. The Bertz CT molecular complexity index is 345. The van der Waals surface area contributed by atoms with Gasteiger partial charge < -0.3 is 10.6 Å². The molecule has 5 heteroatoms. The Kier molecular flexibility index (Phi) is 2.69. The predicted octanol–water partition coefficient (Wildman–Crippen LogP) is 1.52.